The van der Waals surface area contributed by atoms with Gasteiger partial charge < -0.3 is 15.5 Å². The lowest BCUT2D eigenvalue weighted by molar-refractivity contribution is 0.102. The summed E-state index contributed by atoms with van der Waals surface area (Å²) < 4.78 is 0.522. The third kappa shape index (κ3) is 2.97. The molecule has 0 saturated heterocycles. The van der Waals surface area contributed by atoms with Crippen LogP contribution in [-0.4, -0.2) is 21.1 Å². The molecule has 0 aliphatic heterocycles. The first-order chi connectivity index (χ1) is 8.99. The van der Waals surface area contributed by atoms with Crippen LogP contribution >= 0.6 is 27.5 Å². The van der Waals surface area contributed by atoms with Gasteiger partial charge in [-0.3, -0.25) is 4.79 Å². The van der Waals surface area contributed by atoms with Crippen molar-refractivity contribution >= 4 is 39.1 Å². The van der Waals surface area contributed by atoms with Gasteiger partial charge in [-0.1, -0.05) is 17.7 Å². The molecule has 0 spiro atoms. The number of anilines is 1. The second-order valence-corrected chi connectivity index (χ2v) is 4.83. The van der Waals surface area contributed by atoms with E-state index in [1.165, 1.54) is 24.4 Å². The van der Waals surface area contributed by atoms with Crippen LogP contribution in [0.15, 0.2) is 34.9 Å². The summed E-state index contributed by atoms with van der Waals surface area (Å²) in [6, 6.07) is 5.61. The van der Waals surface area contributed by atoms with Crippen LogP contribution in [0.4, 0.5) is 5.69 Å². The smallest absolute Gasteiger partial charge is 0.263 e. The normalized spacial score (nSPS) is 10.2. The molecule has 0 unspecified atom stereocenters. The lowest BCUT2D eigenvalue weighted by Crippen LogP contribution is -2.12. The van der Waals surface area contributed by atoms with E-state index in [2.05, 4.69) is 26.2 Å². The number of rotatable bonds is 2. The van der Waals surface area contributed by atoms with Gasteiger partial charge in [0.15, 0.2) is 0 Å². The largest absolute Gasteiger partial charge is 0.507 e. The summed E-state index contributed by atoms with van der Waals surface area (Å²) in [5.74, 6) is -1.26. The van der Waals surface area contributed by atoms with Crippen LogP contribution in [0.3, 0.4) is 0 Å². The Morgan fingerprint density at radius 3 is 2.53 bits per heavy atom. The quantitative estimate of drug-likeness (QED) is 0.732. The standard InChI is InChI=1S/C12H8BrClN2O3/c13-7-4-6(5-15-11(7)14)16-12(19)10-8(17)2-1-3-9(10)18/h1-5,17-18H,(H,16,19). The number of benzene rings is 1. The van der Waals surface area contributed by atoms with Gasteiger partial charge in [0.2, 0.25) is 0 Å². The summed E-state index contributed by atoms with van der Waals surface area (Å²) in [4.78, 5) is 15.8. The summed E-state index contributed by atoms with van der Waals surface area (Å²) in [6.07, 6.45) is 1.36. The molecule has 0 bridgehead atoms. The van der Waals surface area contributed by atoms with Crippen LogP contribution in [0.5, 0.6) is 11.5 Å². The zero-order valence-corrected chi connectivity index (χ0v) is 11.7. The maximum atomic E-state index is 11.9. The fourth-order valence-corrected chi connectivity index (χ4v) is 1.90. The number of phenols is 2. The molecule has 1 aromatic heterocycles. The molecule has 98 valence electrons. The van der Waals surface area contributed by atoms with Crippen molar-refractivity contribution < 1.29 is 15.0 Å². The van der Waals surface area contributed by atoms with Crippen molar-refractivity contribution in [2.45, 2.75) is 0 Å². The molecule has 0 radical (unpaired) electrons. The van der Waals surface area contributed by atoms with Gasteiger partial charge in [0, 0.05) is 0 Å². The van der Waals surface area contributed by atoms with E-state index in [4.69, 9.17) is 11.6 Å². The average molecular weight is 344 g/mol. The molecule has 0 aliphatic rings. The van der Waals surface area contributed by atoms with Gasteiger partial charge in [0.25, 0.3) is 5.91 Å². The Hall–Kier alpha value is -1.79. The van der Waals surface area contributed by atoms with Crippen molar-refractivity contribution in [2.24, 2.45) is 0 Å². The zero-order valence-electron chi connectivity index (χ0n) is 9.39. The molecular formula is C12H8BrClN2O3. The highest BCUT2D eigenvalue weighted by molar-refractivity contribution is 9.10. The van der Waals surface area contributed by atoms with Crippen LogP contribution in [0, 0.1) is 0 Å². The number of aromatic nitrogens is 1. The minimum atomic E-state index is -0.647. The number of halogens is 2. The van der Waals surface area contributed by atoms with E-state index >= 15 is 0 Å². The maximum Gasteiger partial charge on any atom is 0.263 e. The van der Waals surface area contributed by atoms with Gasteiger partial charge >= 0.3 is 0 Å². The molecule has 5 nitrogen and oxygen atoms in total. The molecule has 0 atom stereocenters. The summed E-state index contributed by atoms with van der Waals surface area (Å²) >= 11 is 8.91. The van der Waals surface area contributed by atoms with Crippen molar-refractivity contribution in [3.05, 3.63) is 45.7 Å². The van der Waals surface area contributed by atoms with Crippen molar-refractivity contribution in [3.63, 3.8) is 0 Å². The molecule has 1 amide bonds. The third-order valence-corrected chi connectivity index (χ3v) is 3.44. The van der Waals surface area contributed by atoms with Crippen LogP contribution in [0.1, 0.15) is 10.4 Å². The van der Waals surface area contributed by atoms with E-state index in [-0.39, 0.29) is 22.2 Å². The minimum absolute atomic E-state index is 0.200. The second-order valence-electron chi connectivity index (χ2n) is 3.62. The number of aromatic hydroxyl groups is 2. The highest BCUT2D eigenvalue weighted by Crippen LogP contribution is 2.28. The van der Waals surface area contributed by atoms with E-state index in [1.807, 2.05) is 0 Å². The van der Waals surface area contributed by atoms with Crippen LogP contribution in [-0.2, 0) is 0 Å². The number of phenolic OH excluding ortho intramolecular Hbond substituents is 2. The van der Waals surface area contributed by atoms with Gasteiger partial charge in [0.05, 0.1) is 16.4 Å². The number of hydrogen-bond donors (Lipinski definition) is 3. The number of pyridine rings is 1. The zero-order chi connectivity index (χ0) is 14.0. The Balaban J connectivity index is 2.28. The summed E-state index contributed by atoms with van der Waals surface area (Å²) in [6.45, 7) is 0. The Kier molecular flexibility index (Phi) is 3.92. The second kappa shape index (κ2) is 5.46. The molecule has 2 rings (SSSR count). The van der Waals surface area contributed by atoms with Gasteiger partial charge in [-0.15, -0.1) is 0 Å². The van der Waals surface area contributed by atoms with Gasteiger partial charge in [-0.2, -0.15) is 0 Å². The fourth-order valence-electron chi connectivity index (χ4n) is 1.44. The predicted octanol–water partition coefficient (Wildman–Crippen LogP) is 3.16. The first-order valence-corrected chi connectivity index (χ1v) is 6.29. The van der Waals surface area contributed by atoms with E-state index in [0.29, 0.717) is 10.2 Å². The molecule has 0 aliphatic carbocycles. The number of nitrogens with one attached hydrogen (secondary N) is 1. The molecule has 7 heteroatoms. The molecule has 19 heavy (non-hydrogen) atoms. The van der Waals surface area contributed by atoms with E-state index in [1.54, 1.807) is 6.07 Å². The highest BCUT2D eigenvalue weighted by Gasteiger charge is 2.16. The number of carbonyl (C=O) groups excluding carboxylic acids is 1. The Morgan fingerprint density at radius 2 is 1.95 bits per heavy atom. The maximum absolute atomic E-state index is 11.9. The van der Waals surface area contributed by atoms with E-state index < -0.39 is 5.91 Å². The average Bonchev–Trinajstić information content (AvgIpc) is 2.33. The van der Waals surface area contributed by atoms with Crippen molar-refractivity contribution in [3.8, 4) is 11.5 Å². The summed E-state index contributed by atoms with van der Waals surface area (Å²) in [5.41, 5.74) is 0.178. The number of hydrogen-bond acceptors (Lipinski definition) is 4. The monoisotopic (exact) mass is 342 g/mol. The first-order valence-electron chi connectivity index (χ1n) is 5.12. The Bertz CT molecular complexity index is 629. The number of carbonyl (C=O) groups is 1. The molecular weight excluding hydrogens is 336 g/mol. The molecule has 1 aromatic carbocycles. The summed E-state index contributed by atoms with van der Waals surface area (Å²) in [7, 11) is 0. The molecule has 2 aromatic rings. The third-order valence-electron chi connectivity index (χ3n) is 2.30. The lowest BCUT2D eigenvalue weighted by Gasteiger charge is -2.08. The number of amides is 1. The fraction of sp³-hybridized carbons (Fsp3) is 0. The van der Waals surface area contributed by atoms with E-state index in [0.717, 1.165) is 0 Å². The van der Waals surface area contributed by atoms with Crippen molar-refractivity contribution in [1.29, 1.82) is 0 Å². The van der Waals surface area contributed by atoms with Gasteiger partial charge in [-0.25, -0.2) is 4.98 Å². The van der Waals surface area contributed by atoms with Crippen LogP contribution < -0.4 is 5.32 Å². The molecule has 3 N–H and O–H groups in total. The molecule has 1 heterocycles. The lowest BCUT2D eigenvalue weighted by atomic mass is 10.1. The SMILES string of the molecule is O=C(Nc1cnc(Cl)c(Br)c1)c1c(O)cccc1O. The Morgan fingerprint density at radius 1 is 1.32 bits per heavy atom. The van der Waals surface area contributed by atoms with Crippen LogP contribution in [0.2, 0.25) is 5.15 Å². The Labute approximate surface area is 122 Å². The van der Waals surface area contributed by atoms with Crippen LogP contribution in [0.25, 0.3) is 0 Å². The molecule has 0 saturated carbocycles. The van der Waals surface area contributed by atoms with Gasteiger partial charge in [-0.05, 0) is 34.1 Å². The number of nitrogens with zero attached hydrogens (tertiary/aromatic N) is 1. The predicted molar refractivity (Wildman–Crippen MR) is 74.7 cm³/mol. The van der Waals surface area contributed by atoms with Crippen molar-refractivity contribution in [1.82, 2.24) is 4.98 Å². The molecule has 0 fully saturated rings. The van der Waals surface area contributed by atoms with Gasteiger partial charge in [0.1, 0.15) is 22.2 Å². The minimum Gasteiger partial charge on any atom is -0.507 e. The first kappa shape index (κ1) is 13.6. The van der Waals surface area contributed by atoms with Crippen molar-refractivity contribution in [2.75, 3.05) is 5.32 Å². The van der Waals surface area contributed by atoms with E-state index in [9.17, 15) is 15.0 Å². The topological polar surface area (TPSA) is 82.5 Å². The highest BCUT2D eigenvalue weighted by atomic mass is 79.9. The summed E-state index contributed by atoms with van der Waals surface area (Å²) in [5, 5.41) is 21.9.